The average molecular weight is 121 g/mol. The molecule has 0 fully saturated rings. The van der Waals surface area contributed by atoms with Crippen LogP contribution in [0.15, 0.2) is 22.4 Å². The van der Waals surface area contributed by atoms with E-state index in [1.54, 1.807) is 0 Å². The number of amidine groups is 1. The van der Waals surface area contributed by atoms with Crippen LogP contribution in [0.2, 0.25) is 0 Å². The van der Waals surface area contributed by atoms with Crippen LogP contribution in [-0.4, -0.2) is 12.1 Å². The van der Waals surface area contributed by atoms with Crippen LogP contribution in [0, 0.1) is 5.92 Å². The van der Waals surface area contributed by atoms with Crippen LogP contribution in [0.5, 0.6) is 0 Å². The van der Waals surface area contributed by atoms with E-state index in [0.717, 1.165) is 12.3 Å². The van der Waals surface area contributed by atoms with Gasteiger partial charge in [-0.3, -0.25) is 5.43 Å². The minimum Gasteiger partial charge on any atom is -0.265 e. The summed E-state index contributed by atoms with van der Waals surface area (Å²) in [7, 11) is 0. The molecule has 46 valence electrons. The Hall–Kier alpha value is -1.12. The number of hydrazone groups is 1. The maximum Gasteiger partial charge on any atom is 0.131 e. The molecular weight excluding hydrogens is 114 g/mol. The van der Waals surface area contributed by atoms with Gasteiger partial charge in [0.1, 0.15) is 5.84 Å². The average Bonchev–Trinajstić information content (AvgIpc) is 2.33. The van der Waals surface area contributed by atoms with E-state index in [2.05, 4.69) is 15.5 Å². The molecule has 3 heteroatoms. The Morgan fingerprint density at radius 1 is 1.67 bits per heavy atom. The van der Waals surface area contributed by atoms with Crippen molar-refractivity contribution in [3.63, 3.8) is 0 Å². The van der Waals surface area contributed by atoms with Crippen LogP contribution >= 0.6 is 0 Å². The molecule has 9 heavy (non-hydrogen) atoms. The van der Waals surface area contributed by atoms with Gasteiger partial charge in [0.2, 0.25) is 0 Å². The monoisotopic (exact) mass is 121 g/mol. The Morgan fingerprint density at radius 2 is 2.67 bits per heavy atom. The standard InChI is InChI=1S/C6H7N3/c1-2-5-4-8-9-6(5)7-3-1/h1,3-5H,2H2,(H,7,9). The molecule has 0 saturated carbocycles. The molecule has 0 radical (unpaired) electrons. The fourth-order valence-electron chi connectivity index (χ4n) is 0.984. The summed E-state index contributed by atoms with van der Waals surface area (Å²) in [5.41, 5.74) is 2.83. The Bertz CT molecular complexity index is 202. The summed E-state index contributed by atoms with van der Waals surface area (Å²) in [4.78, 5) is 4.09. The number of nitrogens with zero attached hydrogens (tertiary/aromatic N) is 2. The highest BCUT2D eigenvalue weighted by Gasteiger charge is 2.18. The number of hydrogen-bond donors (Lipinski definition) is 1. The van der Waals surface area contributed by atoms with Crippen molar-refractivity contribution in [3.8, 4) is 0 Å². The zero-order chi connectivity index (χ0) is 6.10. The van der Waals surface area contributed by atoms with Crippen LogP contribution in [0.3, 0.4) is 0 Å². The topological polar surface area (TPSA) is 36.8 Å². The summed E-state index contributed by atoms with van der Waals surface area (Å²) >= 11 is 0. The molecular formula is C6H7N3. The fourth-order valence-corrected chi connectivity index (χ4v) is 0.984. The van der Waals surface area contributed by atoms with Gasteiger partial charge in [-0.05, 0) is 6.42 Å². The van der Waals surface area contributed by atoms with Crippen molar-refractivity contribution in [2.24, 2.45) is 16.0 Å². The van der Waals surface area contributed by atoms with Crippen molar-refractivity contribution in [1.29, 1.82) is 0 Å². The van der Waals surface area contributed by atoms with Gasteiger partial charge >= 0.3 is 0 Å². The highest BCUT2D eigenvalue weighted by molar-refractivity contribution is 6.01. The van der Waals surface area contributed by atoms with Gasteiger partial charge in [-0.25, -0.2) is 4.99 Å². The Morgan fingerprint density at radius 3 is 3.56 bits per heavy atom. The molecule has 2 heterocycles. The quantitative estimate of drug-likeness (QED) is 0.498. The first-order valence-electron chi connectivity index (χ1n) is 2.99. The Balaban J connectivity index is 2.29. The van der Waals surface area contributed by atoms with Crippen molar-refractivity contribution in [2.45, 2.75) is 6.42 Å². The first-order chi connectivity index (χ1) is 4.47. The van der Waals surface area contributed by atoms with Gasteiger partial charge in [0.15, 0.2) is 0 Å². The number of allylic oxidation sites excluding steroid dienone is 1. The van der Waals surface area contributed by atoms with Crippen LogP contribution in [-0.2, 0) is 0 Å². The zero-order valence-corrected chi connectivity index (χ0v) is 4.91. The van der Waals surface area contributed by atoms with Crippen LogP contribution in [0.4, 0.5) is 0 Å². The molecule has 2 aliphatic rings. The molecule has 2 rings (SSSR count). The van der Waals surface area contributed by atoms with Gasteiger partial charge in [-0.2, -0.15) is 5.10 Å². The van der Waals surface area contributed by atoms with Crippen molar-refractivity contribution >= 4 is 12.1 Å². The molecule has 2 aliphatic heterocycles. The van der Waals surface area contributed by atoms with Gasteiger partial charge in [-0.1, -0.05) is 6.08 Å². The summed E-state index contributed by atoms with van der Waals surface area (Å²) in [6.07, 6.45) is 6.79. The summed E-state index contributed by atoms with van der Waals surface area (Å²) in [6.45, 7) is 0. The molecule has 0 amide bonds. The molecule has 0 aliphatic carbocycles. The Kier molecular flexibility index (Phi) is 0.886. The van der Waals surface area contributed by atoms with Crippen LogP contribution in [0.1, 0.15) is 6.42 Å². The van der Waals surface area contributed by atoms with E-state index in [-0.39, 0.29) is 0 Å². The maximum absolute atomic E-state index is 4.09. The van der Waals surface area contributed by atoms with Crippen molar-refractivity contribution < 1.29 is 0 Å². The summed E-state index contributed by atoms with van der Waals surface area (Å²) in [5, 5.41) is 3.88. The lowest BCUT2D eigenvalue weighted by Gasteiger charge is -2.06. The molecule has 0 saturated heterocycles. The zero-order valence-electron chi connectivity index (χ0n) is 4.91. The lowest BCUT2D eigenvalue weighted by atomic mass is 10.1. The van der Waals surface area contributed by atoms with Gasteiger partial charge in [0, 0.05) is 12.4 Å². The smallest absolute Gasteiger partial charge is 0.131 e. The van der Waals surface area contributed by atoms with E-state index < -0.39 is 0 Å². The normalized spacial score (nSPS) is 29.3. The third-order valence-electron chi connectivity index (χ3n) is 1.49. The second kappa shape index (κ2) is 1.69. The maximum atomic E-state index is 4.09. The molecule has 3 nitrogen and oxygen atoms in total. The highest BCUT2D eigenvalue weighted by Crippen LogP contribution is 2.11. The predicted molar refractivity (Wildman–Crippen MR) is 36.3 cm³/mol. The van der Waals surface area contributed by atoms with E-state index in [4.69, 9.17) is 0 Å². The largest absolute Gasteiger partial charge is 0.265 e. The lowest BCUT2D eigenvalue weighted by molar-refractivity contribution is 0.906. The third kappa shape index (κ3) is 0.650. The SMILES string of the molecule is C1=CN=C2NN=CC2C1. The molecule has 0 aromatic rings. The van der Waals surface area contributed by atoms with Crippen LogP contribution < -0.4 is 5.43 Å². The van der Waals surface area contributed by atoms with E-state index in [1.807, 2.05) is 18.5 Å². The fraction of sp³-hybridized carbons (Fsp3) is 0.333. The molecule has 1 unspecified atom stereocenters. The highest BCUT2D eigenvalue weighted by atomic mass is 15.3. The molecule has 1 N–H and O–H groups in total. The summed E-state index contributed by atoms with van der Waals surface area (Å²) in [6, 6.07) is 0. The van der Waals surface area contributed by atoms with Gasteiger partial charge in [-0.15, -0.1) is 0 Å². The molecule has 1 atom stereocenters. The Labute approximate surface area is 53.2 Å². The van der Waals surface area contributed by atoms with E-state index >= 15 is 0 Å². The minimum absolute atomic E-state index is 0.426. The first-order valence-corrected chi connectivity index (χ1v) is 2.99. The van der Waals surface area contributed by atoms with Crippen molar-refractivity contribution in [3.05, 3.63) is 12.3 Å². The number of fused-ring (bicyclic) bond motifs is 1. The second-order valence-electron chi connectivity index (χ2n) is 2.13. The predicted octanol–water partition coefficient (Wildman–Crippen LogP) is 0.508. The molecule has 0 spiro atoms. The van der Waals surface area contributed by atoms with Crippen LogP contribution in [0.25, 0.3) is 0 Å². The van der Waals surface area contributed by atoms with Crippen molar-refractivity contribution in [2.75, 3.05) is 0 Å². The number of hydrogen-bond acceptors (Lipinski definition) is 3. The van der Waals surface area contributed by atoms with Gasteiger partial charge < -0.3 is 0 Å². The minimum atomic E-state index is 0.426. The lowest BCUT2D eigenvalue weighted by Crippen LogP contribution is -2.21. The van der Waals surface area contributed by atoms with E-state index in [1.165, 1.54) is 0 Å². The summed E-state index contributed by atoms with van der Waals surface area (Å²) < 4.78 is 0. The molecule has 0 bridgehead atoms. The van der Waals surface area contributed by atoms with Gasteiger partial charge in [0.25, 0.3) is 0 Å². The third-order valence-corrected chi connectivity index (χ3v) is 1.49. The number of nitrogens with one attached hydrogen (secondary N) is 1. The summed E-state index contributed by atoms with van der Waals surface area (Å²) in [5.74, 6) is 1.41. The van der Waals surface area contributed by atoms with Crippen molar-refractivity contribution in [1.82, 2.24) is 5.43 Å². The number of rotatable bonds is 0. The second-order valence-corrected chi connectivity index (χ2v) is 2.13. The van der Waals surface area contributed by atoms with E-state index in [9.17, 15) is 0 Å². The van der Waals surface area contributed by atoms with Gasteiger partial charge in [0.05, 0.1) is 5.92 Å². The molecule has 0 aromatic heterocycles. The number of aliphatic imine (C=N–C) groups is 1. The molecule has 0 aromatic carbocycles. The first kappa shape index (κ1) is 4.73. The van der Waals surface area contributed by atoms with E-state index in [0.29, 0.717) is 5.92 Å².